The molecule has 1 aromatic rings. The SMILES string of the molecule is CC(CCO)NC1CCc2sc(Cl)cc21. The fourth-order valence-electron chi connectivity index (χ4n) is 2.12. The van der Waals surface area contributed by atoms with Crippen LogP contribution in [0.3, 0.4) is 0 Å². The van der Waals surface area contributed by atoms with Gasteiger partial charge in [0.05, 0.1) is 4.34 Å². The first-order valence-electron chi connectivity index (χ1n) is 5.35. The first-order chi connectivity index (χ1) is 7.20. The fourth-order valence-corrected chi connectivity index (χ4v) is 3.48. The molecule has 0 saturated heterocycles. The van der Waals surface area contributed by atoms with Crippen LogP contribution in [0.1, 0.15) is 36.2 Å². The lowest BCUT2D eigenvalue weighted by atomic mass is 10.1. The summed E-state index contributed by atoms with van der Waals surface area (Å²) in [6, 6.07) is 2.88. The molecule has 2 rings (SSSR count). The van der Waals surface area contributed by atoms with Crippen molar-refractivity contribution >= 4 is 22.9 Å². The van der Waals surface area contributed by atoms with Gasteiger partial charge in [0.1, 0.15) is 0 Å². The third-order valence-electron chi connectivity index (χ3n) is 2.89. The minimum atomic E-state index is 0.248. The Kier molecular flexibility index (Phi) is 3.67. The summed E-state index contributed by atoms with van der Waals surface area (Å²) in [4.78, 5) is 1.42. The standard InChI is InChI=1S/C11H16ClNOS/c1-7(4-5-14)13-9-2-3-10-8(9)6-11(12)15-10/h6-7,9,13-14H,2-5H2,1H3. The van der Waals surface area contributed by atoms with Gasteiger partial charge in [0, 0.05) is 23.6 Å². The van der Waals surface area contributed by atoms with Crippen molar-refractivity contribution in [2.75, 3.05) is 6.61 Å². The second kappa shape index (κ2) is 4.83. The normalized spacial score (nSPS) is 21.7. The van der Waals surface area contributed by atoms with Crippen molar-refractivity contribution in [3.63, 3.8) is 0 Å². The molecular formula is C11H16ClNOS. The first-order valence-corrected chi connectivity index (χ1v) is 6.55. The predicted molar refractivity (Wildman–Crippen MR) is 64.7 cm³/mol. The van der Waals surface area contributed by atoms with Crippen LogP contribution in [0.25, 0.3) is 0 Å². The van der Waals surface area contributed by atoms with Crippen LogP contribution >= 0.6 is 22.9 Å². The van der Waals surface area contributed by atoms with Crippen molar-refractivity contribution in [1.29, 1.82) is 0 Å². The third-order valence-corrected chi connectivity index (χ3v) is 4.23. The van der Waals surface area contributed by atoms with Gasteiger partial charge in [-0.1, -0.05) is 11.6 Å². The molecule has 2 atom stereocenters. The molecule has 1 heterocycles. The number of aryl methyl sites for hydroxylation is 1. The van der Waals surface area contributed by atoms with E-state index in [1.807, 2.05) is 0 Å². The van der Waals surface area contributed by atoms with E-state index in [0.717, 1.165) is 23.6 Å². The zero-order valence-corrected chi connectivity index (χ0v) is 10.4. The van der Waals surface area contributed by atoms with Gasteiger partial charge < -0.3 is 10.4 Å². The topological polar surface area (TPSA) is 32.3 Å². The van der Waals surface area contributed by atoms with E-state index in [4.69, 9.17) is 16.7 Å². The molecule has 2 nitrogen and oxygen atoms in total. The second-order valence-corrected chi connectivity index (χ2v) is 5.87. The second-order valence-electron chi connectivity index (χ2n) is 4.10. The predicted octanol–water partition coefficient (Wildman–Crippen LogP) is 2.75. The van der Waals surface area contributed by atoms with Gasteiger partial charge in [0.25, 0.3) is 0 Å². The maximum Gasteiger partial charge on any atom is 0.0934 e. The Labute approximate surface area is 99.3 Å². The van der Waals surface area contributed by atoms with Gasteiger partial charge >= 0.3 is 0 Å². The molecule has 2 N–H and O–H groups in total. The van der Waals surface area contributed by atoms with Crippen molar-refractivity contribution in [2.24, 2.45) is 0 Å². The highest BCUT2D eigenvalue weighted by Gasteiger charge is 2.25. The van der Waals surface area contributed by atoms with E-state index in [9.17, 15) is 0 Å². The van der Waals surface area contributed by atoms with Gasteiger partial charge in [-0.3, -0.25) is 0 Å². The summed E-state index contributed by atoms with van der Waals surface area (Å²) in [5, 5.41) is 12.4. The van der Waals surface area contributed by atoms with Crippen LogP contribution in [0.4, 0.5) is 0 Å². The van der Waals surface area contributed by atoms with Crippen LogP contribution < -0.4 is 5.32 Å². The highest BCUT2D eigenvalue weighted by Crippen LogP contribution is 2.39. The fraction of sp³-hybridized carbons (Fsp3) is 0.636. The van der Waals surface area contributed by atoms with Gasteiger partial charge in [-0.25, -0.2) is 0 Å². The summed E-state index contributed by atoms with van der Waals surface area (Å²) < 4.78 is 0.890. The lowest BCUT2D eigenvalue weighted by molar-refractivity contribution is 0.263. The number of hydrogen-bond donors (Lipinski definition) is 2. The Morgan fingerprint density at radius 3 is 3.27 bits per heavy atom. The Morgan fingerprint density at radius 2 is 2.53 bits per heavy atom. The summed E-state index contributed by atoms with van der Waals surface area (Å²) >= 11 is 7.69. The Balaban J connectivity index is 2.00. The maximum atomic E-state index is 8.85. The minimum Gasteiger partial charge on any atom is -0.396 e. The molecule has 0 spiro atoms. The Morgan fingerprint density at radius 1 is 1.73 bits per heavy atom. The molecule has 0 saturated carbocycles. The average molecular weight is 246 g/mol. The lowest BCUT2D eigenvalue weighted by Crippen LogP contribution is -2.29. The van der Waals surface area contributed by atoms with E-state index < -0.39 is 0 Å². The zero-order valence-electron chi connectivity index (χ0n) is 8.79. The minimum absolute atomic E-state index is 0.248. The van der Waals surface area contributed by atoms with Gasteiger partial charge in [-0.15, -0.1) is 11.3 Å². The smallest absolute Gasteiger partial charge is 0.0934 e. The Bertz CT molecular complexity index is 339. The summed E-state index contributed by atoms with van der Waals surface area (Å²) in [7, 11) is 0. The van der Waals surface area contributed by atoms with Gasteiger partial charge in [-0.2, -0.15) is 0 Å². The first kappa shape index (κ1) is 11.4. The summed E-state index contributed by atoms with van der Waals surface area (Å²) in [6.07, 6.45) is 3.11. The molecule has 0 aromatic carbocycles. The Hall–Kier alpha value is -0.0900. The number of hydrogen-bond acceptors (Lipinski definition) is 3. The van der Waals surface area contributed by atoms with E-state index in [0.29, 0.717) is 12.1 Å². The molecule has 1 aliphatic rings. The number of nitrogens with one attached hydrogen (secondary N) is 1. The number of aliphatic hydroxyl groups excluding tert-OH is 1. The number of aliphatic hydroxyl groups is 1. The zero-order chi connectivity index (χ0) is 10.8. The molecule has 1 aromatic heterocycles. The molecule has 4 heteroatoms. The highest BCUT2D eigenvalue weighted by atomic mass is 35.5. The molecule has 1 aliphatic carbocycles. The van der Waals surface area contributed by atoms with Gasteiger partial charge in [0.15, 0.2) is 0 Å². The number of rotatable bonds is 4. The molecule has 0 radical (unpaired) electrons. The average Bonchev–Trinajstić information content (AvgIpc) is 2.67. The van der Waals surface area contributed by atoms with E-state index in [1.165, 1.54) is 10.4 Å². The summed E-state index contributed by atoms with van der Waals surface area (Å²) in [6.45, 7) is 2.36. The summed E-state index contributed by atoms with van der Waals surface area (Å²) in [5.74, 6) is 0. The van der Waals surface area contributed by atoms with Crippen molar-refractivity contribution < 1.29 is 5.11 Å². The van der Waals surface area contributed by atoms with Crippen LogP contribution in [0.2, 0.25) is 4.34 Å². The van der Waals surface area contributed by atoms with Crippen molar-refractivity contribution in [2.45, 2.75) is 38.3 Å². The van der Waals surface area contributed by atoms with Crippen molar-refractivity contribution in [1.82, 2.24) is 5.32 Å². The molecule has 2 unspecified atom stereocenters. The molecule has 0 aliphatic heterocycles. The van der Waals surface area contributed by atoms with Crippen molar-refractivity contribution in [3.05, 3.63) is 20.8 Å². The number of thiophene rings is 1. The number of halogens is 1. The van der Waals surface area contributed by atoms with E-state index in [1.54, 1.807) is 11.3 Å². The third kappa shape index (κ3) is 2.53. The lowest BCUT2D eigenvalue weighted by Gasteiger charge is -2.18. The van der Waals surface area contributed by atoms with Crippen LogP contribution in [0, 0.1) is 0 Å². The monoisotopic (exact) mass is 245 g/mol. The van der Waals surface area contributed by atoms with Gasteiger partial charge in [0.2, 0.25) is 0 Å². The number of fused-ring (bicyclic) bond motifs is 1. The van der Waals surface area contributed by atoms with Crippen LogP contribution in [0.15, 0.2) is 6.07 Å². The van der Waals surface area contributed by atoms with E-state index in [-0.39, 0.29) is 6.61 Å². The van der Waals surface area contributed by atoms with Gasteiger partial charge in [-0.05, 0) is 37.8 Å². The largest absolute Gasteiger partial charge is 0.396 e. The van der Waals surface area contributed by atoms with Crippen molar-refractivity contribution in [3.8, 4) is 0 Å². The van der Waals surface area contributed by atoms with E-state index >= 15 is 0 Å². The van der Waals surface area contributed by atoms with Crippen LogP contribution in [-0.2, 0) is 6.42 Å². The summed E-state index contributed by atoms with van der Waals surface area (Å²) in [5.41, 5.74) is 1.37. The quantitative estimate of drug-likeness (QED) is 0.855. The molecule has 84 valence electrons. The molecule has 0 amide bonds. The maximum absolute atomic E-state index is 8.85. The van der Waals surface area contributed by atoms with Crippen LogP contribution in [-0.4, -0.2) is 17.8 Å². The molecule has 15 heavy (non-hydrogen) atoms. The molecule has 0 fully saturated rings. The highest BCUT2D eigenvalue weighted by molar-refractivity contribution is 7.16. The molecular weight excluding hydrogens is 230 g/mol. The van der Waals surface area contributed by atoms with E-state index in [2.05, 4.69) is 18.3 Å². The van der Waals surface area contributed by atoms with Crippen LogP contribution in [0.5, 0.6) is 0 Å². The molecule has 0 bridgehead atoms.